The highest BCUT2D eigenvalue weighted by atomic mass is 14.4. The van der Waals surface area contributed by atoms with E-state index in [1.165, 1.54) is 109 Å². The van der Waals surface area contributed by atoms with E-state index in [2.05, 4.69) is 196 Å². The molecule has 0 nitrogen and oxygen atoms in total. The zero-order valence-electron chi connectivity index (χ0n) is 29.8. The van der Waals surface area contributed by atoms with Gasteiger partial charge in [0.1, 0.15) is 0 Å². The maximum absolute atomic E-state index is 2.49. The van der Waals surface area contributed by atoms with Gasteiger partial charge in [0, 0.05) is 5.41 Å². The first-order chi connectivity index (χ1) is 26.1. The summed E-state index contributed by atoms with van der Waals surface area (Å²) in [4.78, 5) is 0. The lowest BCUT2D eigenvalue weighted by Gasteiger charge is -2.24. The van der Waals surface area contributed by atoms with Crippen LogP contribution in [0.25, 0.3) is 98.4 Å². The van der Waals surface area contributed by atoms with Crippen molar-refractivity contribution in [3.05, 3.63) is 193 Å². The molecule has 0 heterocycles. The van der Waals surface area contributed by atoms with E-state index < -0.39 is 0 Å². The Hall–Kier alpha value is -6.50. The van der Waals surface area contributed by atoms with Crippen molar-refractivity contribution in [3.63, 3.8) is 0 Å². The van der Waals surface area contributed by atoms with Crippen molar-refractivity contribution < 1.29 is 0 Å². The molecule has 11 rings (SSSR count). The van der Waals surface area contributed by atoms with Crippen LogP contribution in [0.2, 0.25) is 0 Å². The Balaban J connectivity index is 1.12. The third kappa shape index (κ3) is 4.36. The Morgan fingerprint density at radius 2 is 0.736 bits per heavy atom. The summed E-state index contributed by atoms with van der Waals surface area (Å²) in [6.45, 7) is 4.83. The highest BCUT2D eigenvalue weighted by molar-refractivity contribution is 6.22. The first-order valence-electron chi connectivity index (χ1n) is 18.7. The predicted molar refractivity (Wildman–Crippen MR) is 228 cm³/mol. The van der Waals surface area contributed by atoms with Gasteiger partial charge in [-0.05, 0) is 128 Å². The summed E-state index contributed by atoms with van der Waals surface area (Å²) in [5.41, 5.74) is 13.0. The van der Waals surface area contributed by atoms with Crippen molar-refractivity contribution in [2.24, 2.45) is 0 Å². The fourth-order valence-corrected chi connectivity index (χ4v) is 9.59. The number of hydrogen-bond donors (Lipinski definition) is 0. The van der Waals surface area contributed by atoms with Crippen molar-refractivity contribution in [1.29, 1.82) is 0 Å². The predicted octanol–water partition coefficient (Wildman–Crippen LogP) is 14.8. The number of fused-ring (bicyclic) bond motifs is 11. The molecule has 0 radical (unpaired) electrons. The molecular weight excluding hydrogens is 637 g/mol. The quantitative estimate of drug-likeness (QED) is 0.129. The van der Waals surface area contributed by atoms with Crippen LogP contribution in [0.3, 0.4) is 0 Å². The Bertz CT molecular complexity index is 3050. The molecule has 10 aromatic rings. The first kappa shape index (κ1) is 30.2. The van der Waals surface area contributed by atoms with Crippen molar-refractivity contribution in [2.75, 3.05) is 0 Å². The van der Waals surface area contributed by atoms with E-state index in [4.69, 9.17) is 0 Å². The molecule has 0 heteroatoms. The number of benzene rings is 10. The van der Waals surface area contributed by atoms with Gasteiger partial charge in [0.2, 0.25) is 0 Å². The molecule has 1 aliphatic carbocycles. The van der Waals surface area contributed by atoms with E-state index in [9.17, 15) is 0 Å². The minimum atomic E-state index is -0.143. The molecule has 0 spiro atoms. The van der Waals surface area contributed by atoms with Gasteiger partial charge >= 0.3 is 0 Å². The molecule has 0 bridgehead atoms. The molecule has 0 fully saturated rings. The maximum atomic E-state index is 2.49. The van der Waals surface area contributed by atoms with Gasteiger partial charge in [-0.15, -0.1) is 0 Å². The molecule has 0 N–H and O–H groups in total. The summed E-state index contributed by atoms with van der Waals surface area (Å²) in [6, 6.07) is 67.7. The Morgan fingerprint density at radius 1 is 0.302 bits per heavy atom. The summed E-state index contributed by atoms with van der Waals surface area (Å²) in [5, 5.41) is 13.0. The highest BCUT2D eigenvalue weighted by Gasteiger charge is 2.38. The normalized spacial score (nSPS) is 13.2. The third-order valence-electron chi connectivity index (χ3n) is 12.0. The lowest BCUT2D eigenvalue weighted by atomic mass is 9.79. The molecule has 248 valence electrons. The fourth-order valence-electron chi connectivity index (χ4n) is 9.59. The SMILES string of the molecule is CC1(C)c2cc3cc(-c4c5ccccc5c(-c5ccc(-c6ccccc6)cc5)c5ccccc45)ccc3cc2-c2c1c1ccccc1c1ccccc21. The molecule has 53 heavy (non-hydrogen) atoms. The number of rotatable bonds is 3. The third-order valence-corrected chi connectivity index (χ3v) is 12.0. The highest BCUT2D eigenvalue weighted by Crippen LogP contribution is 2.55. The summed E-state index contributed by atoms with van der Waals surface area (Å²) in [7, 11) is 0. The van der Waals surface area contributed by atoms with Gasteiger partial charge in [0.25, 0.3) is 0 Å². The number of hydrogen-bond acceptors (Lipinski definition) is 0. The van der Waals surface area contributed by atoms with E-state index in [0.717, 1.165) is 0 Å². The molecule has 0 saturated carbocycles. The zero-order valence-corrected chi connectivity index (χ0v) is 29.8. The Kier molecular flexibility index (Phi) is 6.40. The zero-order chi connectivity index (χ0) is 35.3. The molecule has 1 aliphatic rings. The summed E-state index contributed by atoms with van der Waals surface area (Å²) < 4.78 is 0. The minimum absolute atomic E-state index is 0.143. The minimum Gasteiger partial charge on any atom is -0.0622 e. The molecule has 0 unspecified atom stereocenters. The van der Waals surface area contributed by atoms with Crippen LogP contribution in [0.1, 0.15) is 25.0 Å². The van der Waals surface area contributed by atoms with Crippen LogP contribution in [0.5, 0.6) is 0 Å². The van der Waals surface area contributed by atoms with Crippen molar-refractivity contribution in [1.82, 2.24) is 0 Å². The largest absolute Gasteiger partial charge is 0.0622 e. The topological polar surface area (TPSA) is 0 Å². The summed E-state index contributed by atoms with van der Waals surface area (Å²) in [5.74, 6) is 0. The van der Waals surface area contributed by atoms with Crippen LogP contribution in [-0.4, -0.2) is 0 Å². The van der Waals surface area contributed by atoms with Crippen LogP contribution >= 0.6 is 0 Å². The standard InChI is InChI=1S/C53H36/c1-53(2)48-32-38-30-37(29-28-36(38)31-47(48)51-41-18-8-6-16-39(41)40-17-7-13-23-46(40)52(51)53)50-44-21-11-9-19-42(44)49(43-20-10-12-22-45(43)50)35-26-24-34(25-27-35)33-14-4-3-5-15-33/h3-32H,1-2H3. The second-order valence-electron chi connectivity index (χ2n) is 15.2. The summed E-state index contributed by atoms with van der Waals surface area (Å²) in [6.07, 6.45) is 0. The maximum Gasteiger partial charge on any atom is 0.0165 e. The van der Waals surface area contributed by atoms with E-state index in [-0.39, 0.29) is 5.41 Å². The lowest BCUT2D eigenvalue weighted by Crippen LogP contribution is -2.15. The van der Waals surface area contributed by atoms with Gasteiger partial charge in [0.15, 0.2) is 0 Å². The fraction of sp³-hybridized carbons (Fsp3) is 0.0566. The lowest BCUT2D eigenvalue weighted by molar-refractivity contribution is 0.667. The van der Waals surface area contributed by atoms with Gasteiger partial charge < -0.3 is 0 Å². The smallest absolute Gasteiger partial charge is 0.0165 e. The molecule has 0 amide bonds. The summed E-state index contributed by atoms with van der Waals surface area (Å²) >= 11 is 0. The molecule has 10 aromatic carbocycles. The Labute approximate surface area is 309 Å². The first-order valence-corrected chi connectivity index (χ1v) is 18.7. The average molecular weight is 673 g/mol. The monoisotopic (exact) mass is 672 g/mol. The molecule has 0 aromatic heterocycles. The molecule has 0 aliphatic heterocycles. The average Bonchev–Trinajstić information content (AvgIpc) is 3.45. The van der Waals surface area contributed by atoms with Gasteiger partial charge in [-0.1, -0.05) is 178 Å². The second-order valence-corrected chi connectivity index (χ2v) is 15.2. The van der Waals surface area contributed by atoms with Crippen molar-refractivity contribution >= 4 is 53.9 Å². The van der Waals surface area contributed by atoms with Crippen LogP contribution < -0.4 is 0 Å². The van der Waals surface area contributed by atoms with Crippen LogP contribution in [0.4, 0.5) is 0 Å². The van der Waals surface area contributed by atoms with Gasteiger partial charge in [-0.2, -0.15) is 0 Å². The van der Waals surface area contributed by atoms with Crippen LogP contribution in [0, 0.1) is 0 Å². The van der Waals surface area contributed by atoms with Gasteiger partial charge in [0.05, 0.1) is 0 Å². The van der Waals surface area contributed by atoms with Gasteiger partial charge in [-0.3, -0.25) is 0 Å². The van der Waals surface area contributed by atoms with Crippen LogP contribution in [-0.2, 0) is 5.41 Å². The second kappa shape index (κ2) is 11.2. The van der Waals surface area contributed by atoms with E-state index in [1.54, 1.807) is 0 Å². The van der Waals surface area contributed by atoms with Crippen molar-refractivity contribution in [3.8, 4) is 44.5 Å². The van der Waals surface area contributed by atoms with Crippen molar-refractivity contribution in [2.45, 2.75) is 19.3 Å². The molecule has 0 atom stereocenters. The Morgan fingerprint density at radius 3 is 1.34 bits per heavy atom. The van der Waals surface area contributed by atoms with E-state index in [0.29, 0.717) is 0 Å². The van der Waals surface area contributed by atoms with Crippen LogP contribution in [0.15, 0.2) is 182 Å². The molecule has 0 saturated heterocycles. The van der Waals surface area contributed by atoms with Gasteiger partial charge in [-0.25, -0.2) is 0 Å². The van der Waals surface area contributed by atoms with E-state index >= 15 is 0 Å². The molecular formula is C53H36. The van der Waals surface area contributed by atoms with E-state index in [1.807, 2.05) is 0 Å².